The van der Waals surface area contributed by atoms with Gasteiger partial charge in [-0.1, -0.05) is 36.4 Å². The third-order valence-electron chi connectivity index (χ3n) is 4.38. The maximum atomic E-state index is 12.1. The second kappa shape index (κ2) is 7.08. The molecule has 3 heteroatoms. The van der Waals surface area contributed by atoms with Gasteiger partial charge in [-0.3, -0.25) is 4.79 Å². The van der Waals surface area contributed by atoms with E-state index in [1.807, 2.05) is 30.3 Å². The van der Waals surface area contributed by atoms with Crippen molar-refractivity contribution < 1.29 is 9.53 Å². The van der Waals surface area contributed by atoms with Crippen LogP contribution in [0.25, 0.3) is 16.9 Å². The lowest BCUT2D eigenvalue weighted by Gasteiger charge is -2.16. The molecular formula is C22H18O2S. The van der Waals surface area contributed by atoms with Crippen LogP contribution in [0.1, 0.15) is 24.0 Å². The minimum atomic E-state index is 0.124. The summed E-state index contributed by atoms with van der Waals surface area (Å²) in [5.74, 6) is 1.51. The van der Waals surface area contributed by atoms with Crippen LogP contribution in [-0.2, 0) is 11.2 Å². The van der Waals surface area contributed by atoms with Gasteiger partial charge in [-0.05, 0) is 58.5 Å². The summed E-state index contributed by atoms with van der Waals surface area (Å²) in [6, 6.07) is 18.3. The fraction of sp³-hybridized carbons (Fsp3) is 0.136. The van der Waals surface area contributed by atoms with Crippen LogP contribution in [-0.4, -0.2) is 5.78 Å². The van der Waals surface area contributed by atoms with Gasteiger partial charge >= 0.3 is 0 Å². The van der Waals surface area contributed by atoms with Crippen molar-refractivity contribution in [3.05, 3.63) is 82.6 Å². The number of benzene rings is 2. The van der Waals surface area contributed by atoms with Gasteiger partial charge < -0.3 is 4.74 Å². The van der Waals surface area contributed by atoms with Crippen molar-refractivity contribution in [1.29, 1.82) is 0 Å². The molecule has 0 N–H and O–H groups in total. The first-order valence-corrected chi connectivity index (χ1v) is 9.37. The molecule has 0 fully saturated rings. The molecule has 1 aromatic heterocycles. The predicted octanol–water partition coefficient (Wildman–Crippen LogP) is 5.74. The van der Waals surface area contributed by atoms with Crippen LogP contribution >= 0.6 is 11.3 Å². The number of fused-ring (bicyclic) bond motifs is 1. The fourth-order valence-electron chi connectivity index (χ4n) is 3.08. The number of aryl methyl sites for hydroxylation is 1. The number of carbonyl (C=O) groups excluding carboxylic acids is 1. The molecule has 0 bridgehead atoms. The number of ketones is 1. The van der Waals surface area contributed by atoms with E-state index in [1.165, 1.54) is 11.1 Å². The standard InChI is InChI=1S/C22H18O2S/c23-19-6-3-5-17-4-1-2-7-21(17)22(14-19)24-20-10-8-16(9-11-20)18-12-13-25-15-18/h1-2,4,7-15H,3,5-6H2/b22-14+. The van der Waals surface area contributed by atoms with Crippen LogP contribution in [0.2, 0.25) is 0 Å². The summed E-state index contributed by atoms with van der Waals surface area (Å²) in [4.78, 5) is 12.1. The van der Waals surface area contributed by atoms with Gasteiger partial charge in [0.25, 0.3) is 0 Å². The lowest BCUT2D eigenvalue weighted by atomic mass is 9.96. The van der Waals surface area contributed by atoms with Crippen molar-refractivity contribution in [2.24, 2.45) is 0 Å². The highest BCUT2D eigenvalue weighted by Crippen LogP contribution is 2.29. The highest BCUT2D eigenvalue weighted by atomic mass is 32.1. The third-order valence-corrected chi connectivity index (χ3v) is 5.06. The minimum absolute atomic E-state index is 0.124. The number of ether oxygens (including phenoxy) is 1. The fourth-order valence-corrected chi connectivity index (χ4v) is 3.75. The number of rotatable bonds is 3. The molecule has 0 unspecified atom stereocenters. The summed E-state index contributed by atoms with van der Waals surface area (Å²) in [7, 11) is 0. The van der Waals surface area contributed by atoms with Crippen molar-refractivity contribution in [1.82, 2.24) is 0 Å². The van der Waals surface area contributed by atoms with Crippen LogP contribution in [0, 0.1) is 0 Å². The second-order valence-corrected chi connectivity index (χ2v) is 6.90. The Labute approximate surface area is 151 Å². The van der Waals surface area contributed by atoms with E-state index in [4.69, 9.17) is 4.74 Å². The van der Waals surface area contributed by atoms with E-state index in [9.17, 15) is 4.79 Å². The van der Waals surface area contributed by atoms with E-state index in [0.717, 1.165) is 29.7 Å². The summed E-state index contributed by atoms with van der Waals surface area (Å²) < 4.78 is 6.10. The molecular weight excluding hydrogens is 328 g/mol. The molecule has 25 heavy (non-hydrogen) atoms. The zero-order valence-electron chi connectivity index (χ0n) is 13.8. The lowest BCUT2D eigenvalue weighted by Crippen LogP contribution is -2.07. The molecule has 1 aliphatic rings. The van der Waals surface area contributed by atoms with Crippen LogP contribution in [0.5, 0.6) is 5.75 Å². The van der Waals surface area contributed by atoms with Crippen molar-refractivity contribution >= 4 is 22.9 Å². The number of carbonyl (C=O) groups is 1. The Balaban J connectivity index is 1.64. The van der Waals surface area contributed by atoms with Crippen molar-refractivity contribution in [3.8, 4) is 16.9 Å². The van der Waals surface area contributed by atoms with E-state index < -0.39 is 0 Å². The van der Waals surface area contributed by atoms with Gasteiger partial charge in [0.2, 0.25) is 0 Å². The Kier molecular flexibility index (Phi) is 4.49. The molecule has 1 heterocycles. The largest absolute Gasteiger partial charge is 0.457 e. The number of allylic oxidation sites excluding steroid dienone is 1. The molecule has 0 aliphatic heterocycles. The monoisotopic (exact) mass is 346 g/mol. The lowest BCUT2D eigenvalue weighted by molar-refractivity contribution is -0.114. The van der Waals surface area contributed by atoms with Gasteiger partial charge in [-0.15, -0.1) is 0 Å². The van der Waals surface area contributed by atoms with E-state index in [2.05, 4.69) is 35.0 Å². The molecule has 3 aromatic rings. The molecule has 0 radical (unpaired) electrons. The first-order chi connectivity index (χ1) is 12.3. The number of hydrogen-bond acceptors (Lipinski definition) is 3. The van der Waals surface area contributed by atoms with Crippen molar-refractivity contribution in [2.45, 2.75) is 19.3 Å². The summed E-state index contributed by atoms with van der Waals surface area (Å²) in [5.41, 5.74) is 4.62. The van der Waals surface area contributed by atoms with Crippen LogP contribution in [0.4, 0.5) is 0 Å². The molecule has 2 nitrogen and oxygen atoms in total. The average Bonchev–Trinajstić information content (AvgIpc) is 3.15. The molecule has 1 aliphatic carbocycles. The molecule has 0 saturated carbocycles. The normalized spacial score (nSPS) is 16.3. The van der Waals surface area contributed by atoms with Crippen LogP contribution in [0.3, 0.4) is 0 Å². The summed E-state index contributed by atoms with van der Waals surface area (Å²) in [6.45, 7) is 0. The van der Waals surface area contributed by atoms with E-state index in [-0.39, 0.29) is 5.78 Å². The summed E-state index contributed by atoms with van der Waals surface area (Å²) in [6.07, 6.45) is 4.00. The van der Waals surface area contributed by atoms with Gasteiger partial charge in [-0.25, -0.2) is 0 Å². The molecule has 0 amide bonds. The molecule has 2 aromatic carbocycles. The van der Waals surface area contributed by atoms with Gasteiger partial charge in [0, 0.05) is 18.1 Å². The van der Waals surface area contributed by atoms with Gasteiger partial charge in [-0.2, -0.15) is 11.3 Å². The molecule has 124 valence electrons. The molecule has 0 atom stereocenters. The van der Waals surface area contributed by atoms with Gasteiger partial charge in [0.15, 0.2) is 5.78 Å². The zero-order valence-corrected chi connectivity index (χ0v) is 14.6. The van der Waals surface area contributed by atoms with Gasteiger partial charge in [0.05, 0.1) is 0 Å². The maximum Gasteiger partial charge on any atom is 0.159 e. The summed E-state index contributed by atoms with van der Waals surface area (Å²) >= 11 is 1.69. The maximum absolute atomic E-state index is 12.1. The number of thiophene rings is 1. The smallest absolute Gasteiger partial charge is 0.159 e. The Hall–Kier alpha value is -2.65. The highest BCUT2D eigenvalue weighted by Gasteiger charge is 2.15. The van der Waals surface area contributed by atoms with Crippen molar-refractivity contribution in [2.75, 3.05) is 0 Å². The topological polar surface area (TPSA) is 26.3 Å². The van der Waals surface area contributed by atoms with E-state index >= 15 is 0 Å². The molecule has 4 rings (SSSR count). The Morgan fingerprint density at radius 3 is 2.52 bits per heavy atom. The van der Waals surface area contributed by atoms with Crippen LogP contribution in [0.15, 0.2) is 71.4 Å². The Bertz CT molecular complexity index is 905. The third kappa shape index (κ3) is 3.57. The SMILES string of the molecule is O=C1/C=C(/Oc2ccc(-c3ccsc3)cc2)c2ccccc2CCC1. The average molecular weight is 346 g/mol. The Morgan fingerprint density at radius 1 is 0.880 bits per heavy atom. The van der Waals surface area contributed by atoms with Gasteiger partial charge in [0.1, 0.15) is 11.5 Å². The quantitative estimate of drug-likeness (QED) is 0.604. The first kappa shape index (κ1) is 15.9. The van der Waals surface area contributed by atoms with E-state index in [0.29, 0.717) is 12.2 Å². The molecule has 0 spiro atoms. The Morgan fingerprint density at radius 2 is 1.72 bits per heavy atom. The number of hydrogen-bond donors (Lipinski definition) is 0. The second-order valence-electron chi connectivity index (χ2n) is 6.12. The van der Waals surface area contributed by atoms with Crippen LogP contribution < -0.4 is 4.74 Å². The summed E-state index contributed by atoms with van der Waals surface area (Å²) in [5, 5.41) is 4.20. The highest BCUT2D eigenvalue weighted by molar-refractivity contribution is 7.08. The molecule has 0 saturated heterocycles. The zero-order chi connectivity index (χ0) is 17.1. The minimum Gasteiger partial charge on any atom is -0.457 e. The van der Waals surface area contributed by atoms with Crippen molar-refractivity contribution in [3.63, 3.8) is 0 Å². The first-order valence-electron chi connectivity index (χ1n) is 8.43. The van der Waals surface area contributed by atoms with E-state index in [1.54, 1.807) is 17.4 Å². The predicted molar refractivity (Wildman–Crippen MR) is 103 cm³/mol.